The van der Waals surface area contributed by atoms with Gasteiger partial charge in [-0.1, -0.05) is 18.5 Å². The lowest BCUT2D eigenvalue weighted by Gasteiger charge is -2.29. The van der Waals surface area contributed by atoms with Crippen LogP contribution in [-0.2, 0) is 0 Å². The average molecular weight is 273 g/mol. The van der Waals surface area contributed by atoms with Gasteiger partial charge in [0.2, 0.25) is 0 Å². The molecule has 100 valence electrons. The Bertz CT molecular complexity index is 425. The highest BCUT2D eigenvalue weighted by Gasteiger charge is 2.29. The van der Waals surface area contributed by atoms with E-state index in [2.05, 4.69) is 5.32 Å². The van der Waals surface area contributed by atoms with Crippen LogP contribution in [0.2, 0.25) is 5.02 Å². The molecule has 0 aliphatic carbocycles. The smallest absolute Gasteiger partial charge is 0.253 e. The van der Waals surface area contributed by atoms with Crippen molar-refractivity contribution in [2.24, 2.45) is 0 Å². The van der Waals surface area contributed by atoms with Gasteiger partial charge in [-0.3, -0.25) is 4.79 Å². The molecule has 0 saturated carbocycles. The van der Waals surface area contributed by atoms with Crippen molar-refractivity contribution in [3.05, 3.63) is 28.8 Å². The Balaban J connectivity index is 2.94. The van der Waals surface area contributed by atoms with Crippen LogP contribution in [0, 0.1) is 0 Å². The van der Waals surface area contributed by atoms with Gasteiger partial charge in [0, 0.05) is 10.7 Å². The Morgan fingerprint density at radius 3 is 2.50 bits per heavy atom. The Labute approximate surface area is 111 Å². The van der Waals surface area contributed by atoms with Crippen molar-refractivity contribution in [1.29, 1.82) is 0 Å². The summed E-state index contributed by atoms with van der Waals surface area (Å²) in [6.45, 7) is 1.07. The van der Waals surface area contributed by atoms with Crippen LogP contribution in [0.1, 0.15) is 23.7 Å². The van der Waals surface area contributed by atoms with Gasteiger partial charge in [0.25, 0.3) is 5.91 Å². The molecule has 18 heavy (non-hydrogen) atoms. The quantitative estimate of drug-likeness (QED) is 0.596. The molecule has 5 N–H and O–H groups in total. The molecule has 0 radical (unpaired) electrons. The highest BCUT2D eigenvalue weighted by Crippen LogP contribution is 2.19. The van der Waals surface area contributed by atoms with Gasteiger partial charge >= 0.3 is 0 Å². The first kappa shape index (κ1) is 14.8. The molecule has 1 amide bonds. The molecule has 6 heteroatoms. The second-order valence-corrected chi connectivity index (χ2v) is 4.57. The molecule has 1 aromatic carbocycles. The number of carbonyl (C=O) groups is 1. The third-order valence-corrected chi connectivity index (χ3v) is 3.15. The summed E-state index contributed by atoms with van der Waals surface area (Å²) in [5.41, 5.74) is 5.17. The number of nitrogens with one attached hydrogen (secondary N) is 1. The maximum absolute atomic E-state index is 12.0. The molecular formula is C12H17ClN2O3. The largest absolute Gasteiger partial charge is 0.398 e. The summed E-state index contributed by atoms with van der Waals surface area (Å²) in [7, 11) is 0. The number of rotatable bonds is 5. The molecule has 0 unspecified atom stereocenters. The van der Waals surface area contributed by atoms with E-state index in [1.807, 2.05) is 0 Å². The monoisotopic (exact) mass is 272 g/mol. The number of hydrogen-bond acceptors (Lipinski definition) is 4. The Morgan fingerprint density at radius 1 is 1.44 bits per heavy atom. The van der Waals surface area contributed by atoms with Crippen LogP contribution in [0.3, 0.4) is 0 Å². The number of anilines is 1. The molecule has 0 aliphatic rings. The number of carbonyl (C=O) groups excluding carboxylic acids is 1. The van der Waals surface area contributed by atoms with Crippen LogP contribution >= 0.6 is 11.6 Å². The number of aliphatic hydroxyl groups is 2. The van der Waals surface area contributed by atoms with Crippen molar-refractivity contribution in [3.8, 4) is 0 Å². The van der Waals surface area contributed by atoms with Crippen LogP contribution in [0.25, 0.3) is 0 Å². The second kappa shape index (κ2) is 6.04. The SMILES string of the molecule is CCC(CO)(CO)NC(=O)c1ccc(Cl)cc1N. The first-order valence-electron chi connectivity index (χ1n) is 5.57. The van der Waals surface area contributed by atoms with E-state index in [1.54, 1.807) is 13.0 Å². The number of aliphatic hydroxyl groups excluding tert-OH is 2. The van der Waals surface area contributed by atoms with Crippen LogP contribution in [0.15, 0.2) is 18.2 Å². The summed E-state index contributed by atoms with van der Waals surface area (Å²) >= 11 is 5.74. The van der Waals surface area contributed by atoms with Crippen molar-refractivity contribution in [1.82, 2.24) is 5.32 Å². The third-order valence-electron chi connectivity index (χ3n) is 2.92. The van der Waals surface area contributed by atoms with Crippen molar-refractivity contribution >= 4 is 23.2 Å². The van der Waals surface area contributed by atoms with E-state index in [0.717, 1.165) is 0 Å². The van der Waals surface area contributed by atoms with E-state index in [0.29, 0.717) is 11.4 Å². The van der Waals surface area contributed by atoms with E-state index in [9.17, 15) is 15.0 Å². The van der Waals surface area contributed by atoms with Gasteiger partial charge in [-0.15, -0.1) is 0 Å². The molecule has 5 nitrogen and oxygen atoms in total. The molecular weight excluding hydrogens is 256 g/mol. The molecule has 0 atom stereocenters. The molecule has 0 fully saturated rings. The molecule has 0 saturated heterocycles. The van der Waals surface area contributed by atoms with Gasteiger partial charge in [0.05, 0.1) is 24.3 Å². The highest BCUT2D eigenvalue weighted by atomic mass is 35.5. The average Bonchev–Trinajstić information content (AvgIpc) is 2.36. The zero-order valence-electron chi connectivity index (χ0n) is 10.1. The van der Waals surface area contributed by atoms with E-state index in [4.69, 9.17) is 17.3 Å². The lowest BCUT2D eigenvalue weighted by atomic mass is 9.97. The Hall–Kier alpha value is -1.30. The van der Waals surface area contributed by atoms with Gasteiger partial charge < -0.3 is 21.3 Å². The fourth-order valence-electron chi connectivity index (χ4n) is 1.49. The number of benzene rings is 1. The summed E-state index contributed by atoms with van der Waals surface area (Å²) in [4.78, 5) is 12.0. The van der Waals surface area contributed by atoms with Crippen molar-refractivity contribution in [3.63, 3.8) is 0 Å². The molecule has 0 bridgehead atoms. The van der Waals surface area contributed by atoms with Crippen molar-refractivity contribution in [2.75, 3.05) is 18.9 Å². The van der Waals surface area contributed by atoms with Gasteiger partial charge in [-0.05, 0) is 24.6 Å². The van der Waals surface area contributed by atoms with Crippen LogP contribution in [0.5, 0.6) is 0 Å². The number of halogens is 1. The lowest BCUT2D eigenvalue weighted by molar-refractivity contribution is 0.0653. The number of hydrogen-bond donors (Lipinski definition) is 4. The van der Waals surface area contributed by atoms with Crippen LogP contribution in [0.4, 0.5) is 5.69 Å². The highest BCUT2D eigenvalue weighted by molar-refractivity contribution is 6.31. The molecule has 1 rings (SSSR count). The van der Waals surface area contributed by atoms with E-state index < -0.39 is 11.4 Å². The minimum Gasteiger partial charge on any atom is -0.398 e. The second-order valence-electron chi connectivity index (χ2n) is 4.14. The minimum atomic E-state index is -1.04. The minimum absolute atomic E-state index is 0.251. The zero-order chi connectivity index (χ0) is 13.8. The van der Waals surface area contributed by atoms with E-state index in [-0.39, 0.29) is 24.5 Å². The van der Waals surface area contributed by atoms with Gasteiger partial charge in [0.15, 0.2) is 0 Å². The predicted molar refractivity (Wildman–Crippen MR) is 70.5 cm³/mol. The first-order valence-corrected chi connectivity index (χ1v) is 5.95. The standard InChI is InChI=1S/C12H17ClN2O3/c1-2-12(6-16,7-17)15-11(18)9-4-3-8(13)5-10(9)14/h3-5,16-17H,2,6-7,14H2,1H3,(H,15,18). The lowest BCUT2D eigenvalue weighted by Crippen LogP contribution is -2.53. The molecule has 0 spiro atoms. The number of amides is 1. The normalized spacial score (nSPS) is 11.3. The maximum Gasteiger partial charge on any atom is 0.253 e. The van der Waals surface area contributed by atoms with E-state index >= 15 is 0 Å². The summed E-state index contributed by atoms with van der Waals surface area (Å²) < 4.78 is 0. The summed E-state index contributed by atoms with van der Waals surface area (Å²) in [6.07, 6.45) is 0.402. The van der Waals surface area contributed by atoms with Gasteiger partial charge in [-0.25, -0.2) is 0 Å². The van der Waals surface area contributed by atoms with Gasteiger partial charge in [0.1, 0.15) is 0 Å². The van der Waals surface area contributed by atoms with Crippen molar-refractivity contribution in [2.45, 2.75) is 18.9 Å². The molecule has 1 aromatic rings. The van der Waals surface area contributed by atoms with Crippen LogP contribution < -0.4 is 11.1 Å². The van der Waals surface area contributed by atoms with Gasteiger partial charge in [-0.2, -0.15) is 0 Å². The molecule has 0 heterocycles. The van der Waals surface area contributed by atoms with E-state index in [1.165, 1.54) is 12.1 Å². The van der Waals surface area contributed by atoms with Crippen molar-refractivity contribution < 1.29 is 15.0 Å². The predicted octanol–water partition coefficient (Wildman–Crippen LogP) is 0.785. The fraction of sp³-hybridized carbons (Fsp3) is 0.417. The topological polar surface area (TPSA) is 95.6 Å². The third kappa shape index (κ3) is 3.13. The Kier molecular flexibility index (Phi) is 4.95. The fourth-order valence-corrected chi connectivity index (χ4v) is 1.67. The summed E-state index contributed by atoms with van der Waals surface area (Å²) in [5.74, 6) is -0.450. The molecule has 0 aromatic heterocycles. The summed E-state index contributed by atoms with van der Waals surface area (Å²) in [5, 5.41) is 21.6. The molecule has 0 aliphatic heterocycles. The first-order chi connectivity index (χ1) is 8.48. The summed E-state index contributed by atoms with van der Waals surface area (Å²) in [6, 6.07) is 4.53. The zero-order valence-corrected chi connectivity index (χ0v) is 10.9. The van der Waals surface area contributed by atoms with Crippen LogP contribution in [-0.4, -0.2) is 34.9 Å². The number of nitrogen functional groups attached to an aromatic ring is 1. The maximum atomic E-state index is 12.0. The Morgan fingerprint density at radius 2 is 2.06 bits per heavy atom. The number of nitrogens with two attached hydrogens (primary N) is 1.